The van der Waals surface area contributed by atoms with Gasteiger partial charge in [-0.25, -0.2) is 9.69 Å². The molecular formula is C29H25BrClN3O6. The Bertz CT molecular complexity index is 1590. The molecule has 0 atom stereocenters. The molecule has 5 amide bonds. The summed E-state index contributed by atoms with van der Waals surface area (Å²) in [6.45, 7) is 5.31. The Labute approximate surface area is 244 Å². The fraction of sp³-hybridized carbons (Fsp3) is 0.172. The van der Waals surface area contributed by atoms with E-state index in [0.717, 1.165) is 21.6 Å². The molecule has 3 aromatic rings. The largest absolute Gasteiger partial charge is 0.493 e. The molecule has 0 unspecified atom stereocenters. The van der Waals surface area contributed by atoms with E-state index in [9.17, 15) is 19.2 Å². The first-order valence-electron chi connectivity index (χ1n) is 12.0. The third-order valence-electron chi connectivity index (χ3n) is 6.22. The first kappa shape index (κ1) is 28.8. The molecular weight excluding hydrogens is 602 g/mol. The fourth-order valence-corrected chi connectivity index (χ4v) is 4.65. The first-order valence-corrected chi connectivity index (χ1v) is 13.2. The maximum atomic E-state index is 13.3. The standard InChI is InChI=1S/C29H25BrClN3O6/c1-15-6-8-20(9-17(15)3)34-28(37)21(27(36)33-29(34)38)10-18-11-22(30)26(24(12-18)39-4)40-14-25(35)32-19-7-5-16(2)23(31)13-19/h5-13H,14H2,1-4H3,(H,32,35)(H,33,36,38)/b21-10-. The van der Waals surface area contributed by atoms with Crippen LogP contribution in [-0.2, 0) is 14.4 Å². The van der Waals surface area contributed by atoms with Gasteiger partial charge in [0.1, 0.15) is 5.57 Å². The number of anilines is 2. The minimum absolute atomic E-state index is 0.239. The number of nitrogens with zero attached hydrogens (tertiary/aromatic N) is 1. The van der Waals surface area contributed by atoms with Gasteiger partial charge in [-0.2, -0.15) is 0 Å². The van der Waals surface area contributed by atoms with Crippen LogP contribution in [0.5, 0.6) is 11.5 Å². The maximum absolute atomic E-state index is 13.3. The Morgan fingerprint density at radius 2 is 1.75 bits per heavy atom. The highest BCUT2D eigenvalue weighted by Gasteiger charge is 2.37. The lowest BCUT2D eigenvalue weighted by molar-refractivity contribution is -0.122. The van der Waals surface area contributed by atoms with E-state index in [1.807, 2.05) is 20.8 Å². The SMILES string of the molecule is COc1cc(/C=C2/C(=O)NC(=O)N(c3ccc(C)c(C)c3)C2=O)cc(Br)c1OCC(=O)Nc1ccc(C)c(Cl)c1. The smallest absolute Gasteiger partial charge is 0.335 e. The van der Waals surface area contributed by atoms with E-state index in [-0.39, 0.29) is 23.7 Å². The maximum Gasteiger partial charge on any atom is 0.335 e. The highest BCUT2D eigenvalue weighted by molar-refractivity contribution is 9.10. The van der Waals surface area contributed by atoms with Gasteiger partial charge in [-0.15, -0.1) is 0 Å². The zero-order chi connectivity index (χ0) is 29.1. The van der Waals surface area contributed by atoms with Crippen LogP contribution in [0, 0.1) is 20.8 Å². The number of barbiturate groups is 1. The number of carbonyl (C=O) groups excluding carboxylic acids is 4. The van der Waals surface area contributed by atoms with Gasteiger partial charge in [0.05, 0.1) is 17.3 Å². The van der Waals surface area contributed by atoms with Crippen molar-refractivity contribution in [3.63, 3.8) is 0 Å². The van der Waals surface area contributed by atoms with Crippen LogP contribution in [0.2, 0.25) is 5.02 Å². The van der Waals surface area contributed by atoms with Crippen molar-refractivity contribution in [2.24, 2.45) is 0 Å². The second-order valence-corrected chi connectivity index (χ2v) is 10.3. The molecule has 0 aromatic heterocycles. The Kier molecular flexibility index (Phi) is 8.61. The lowest BCUT2D eigenvalue weighted by Crippen LogP contribution is -2.54. The number of aryl methyl sites for hydroxylation is 3. The van der Waals surface area contributed by atoms with Crippen molar-refractivity contribution in [1.82, 2.24) is 5.32 Å². The summed E-state index contributed by atoms with van der Waals surface area (Å²) in [7, 11) is 1.42. The van der Waals surface area contributed by atoms with Gasteiger partial charge < -0.3 is 14.8 Å². The molecule has 2 N–H and O–H groups in total. The molecule has 11 heteroatoms. The van der Waals surface area contributed by atoms with E-state index in [2.05, 4.69) is 26.6 Å². The highest BCUT2D eigenvalue weighted by Crippen LogP contribution is 2.37. The Morgan fingerprint density at radius 3 is 2.42 bits per heavy atom. The third kappa shape index (κ3) is 6.19. The van der Waals surface area contributed by atoms with Crippen molar-refractivity contribution in [3.05, 3.63) is 85.9 Å². The molecule has 3 aromatic carbocycles. The number of methoxy groups -OCH3 is 1. The number of amides is 5. The average molecular weight is 627 g/mol. The monoisotopic (exact) mass is 625 g/mol. The number of halogens is 2. The lowest BCUT2D eigenvalue weighted by Gasteiger charge is -2.27. The summed E-state index contributed by atoms with van der Waals surface area (Å²) >= 11 is 9.52. The highest BCUT2D eigenvalue weighted by atomic mass is 79.9. The Hall–Kier alpha value is -4.15. The molecule has 1 saturated heterocycles. The van der Waals surface area contributed by atoms with Gasteiger partial charge >= 0.3 is 6.03 Å². The van der Waals surface area contributed by atoms with Crippen LogP contribution >= 0.6 is 27.5 Å². The number of nitrogens with one attached hydrogen (secondary N) is 2. The molecule has 1 fully saturated rings. The Morgan fingerprint density at radius 1 is 1.02 bits per heavy atom. The number of benzene rings is 3. The number of hydrogen-bond acceptors (Lipinski definition) is 6. The van der Waals surface area contributed by atoms with Crippen molar-refractivity contribution in [3.8, 4) is 11.5 Å². The number of rotatable bonds is 7. The number of hydrogen-bond donors (Lipinski definition) is 2. The van der Waals surface area contributed by atoms with E-state index >= 15 is 0 Å². The number of urea groups is 1. The normalized spacial score (nSPS) is 14.3. The molecule has 0 spiro atoms. The molecule has 1 heterocycles. The Balaban J connectivity index is 1.56. The third-order valence-corrected chi connectivity index (χ3v) is 7.21. The molecule has 206 valence electrons. The molecule has 4 rings (SSSR count). The van der Waals surface area contributed by atoms with E-state index in [4.69, 9.17) is 21.1 Å². The van der Waals surface area contributed by atoms with Gasteiger partial charge in [0.15, 0.2) is 18.1 Å². The van der Waals surface area contributed by atoms with Crippen molar-refractivity contribution < 1.29 is 28.7 Å². The van der Waals surface area contributed by atoms with Gasteiger partial charge in [-0.05, 0) is 101 Å². The molecule has 0 bridgehead atoms. The van der Waals surface area contributed by atoms with Crippen molar-refractivity contribution >= 4 is 68.7 Å². The first-order chi connectivity index (χ1) is 19.0. The second kappa shape index (κ2) is 11.9. The summed E-state index contributed by atoms with van der Waals surface area (Å²) in [6, 6.07) is 12.6. The fourth-order valence-electron chi connectivity index (χ4n) is 3.89. The topological polar surface area (TPSA) is 114 Å². The van der Waals surface area contributed by atoms with Crippen LogP contribution in [0.3, 0.4) is 0 Å². The van der Waals surface area contributed by atoms with Gasteiger partial charge in [-0.3, -0.25) is 19.7 Å². The zero-order valence-electron chi connectivity index (χ0n) is 22.1. The number of ether oxygens (including phenoxy) is 2. The molecule has 1 aliphatic rings. The molecule has 9 nitrogen and oxygen atoms in total. The summed E-state index contributed by atoms with van der Waals surface area (Å²) in [4.78, 5) is 51.8. The van der Waals surface area contributed by atoms with Crippen LogP contribution < -0.4 is 25.0 Å². The van der Waals surface area contributed by atoms with Crippen LogP contribution in [0.4, 0.5) is 16.2 Å². The second-order valence-electron chi connectivity index (χ2n) is 9.06. The van der Waals surface area contributed by atoms with Crippen molar-refractivity contribution in [2.75, 3.05) is 23.9 Å². The minimum atomic E-state index is -0.830. The minimum Gasteiger partial charge on any atom is -0.493 e. The van der Waals surface area contributed by atoms with Crippen LogP contribution in [-0.4, -0.2) is 37.5 Å². The predicted molar refractivity (Wildman–Crippen MR) is 156 cm³/mol. The predicted octanol–water partition coefficient (Wildman–Crippen LogP) is 5.72. The molecule has 0 aliphatic carbocycles. The summed E-state index contributed by atoms with van der Waals surface area (Å²) in [5.41, 5.74) is 3.83. The molecule has 40 heavy (non-hydrogen) atoms. The summed E-state index contributed by atoms with van der Waals surface area (Å²) in [5.74, 6) is -1.51. The summed E-state index contributed by atoms with van der Waals surface area (Å²) in [6.07, 6.45) is 1.35. The van der Waals surface area contributed by atoms with Crippen LogP contribution in [0.1, 0.15) is 22.3 Å². The van der Waals surface area contributed by atoms with Gasteiger partial charge in [0.25, 0.3) is 17.7 Å². The quantitative estimate of drug-likeness (QED) is 0.256. The van der Waals surface area contributed by atoms with Crippen LogP contribution in [0.15, 0.2) is 58.6 Å². The average Bonchev–Trinajstić information content (AvgIpc) is 2.89. The molecule has 0 saturated carbocycles. The van der Waals surface area contributed by atoms with E-state index < -0.39 is 23.8 Å². The van der Waals surface area contributed by atoms with E-state index in [1.54, 1.807) is 48.5 Å². The lowest BCUT2D eigenvalue weighted by atomic mass is 10.0. The van der Waals surface area contributed by atoms with Crippen molar-refractivity contribution in [1.29, 1.82) is 0 Å². The summed E-state index contributed by atoms with van der Waals surface area (Å²) in [5, 5.41) is 5.45. The molecule has 0 radical (unpaired) electrons. The van der Waals surface area contributed by atoms with Gasteiger partial charge in [-0.1, -0.05) is 23.7 Å². The van der Waals surface area contributed by atoms with Crippen LogP contribution in [0.25, 0.3) is 6.08 Å². The van der Waals surface area contributed by atoms with E-state index in [1.165, 1.54) is 13.2 Å². The van der Waals surface area contributed by atoms with Crippen molar-refractivity contribution in [2.45, 2.75) is 20.8 Å². The zero-order valence-corrected chi connectivity index (χ0v) is 24.4. The number of imide groups is 2. The molecule has 1 aliphatic heterocycles. The van der Waals surface area contributed by atoms with Gasteiger partial charge in [0, 0.05) is 10.7 Å². The number of carbonyl (C=O) groups is 4. The summed E-state index contributed by atoms with van der Waals surface area (Å²) < 4.78 is 11.6. The van der Waals surface area contributed by atoms with Gasteiger partial charge in [0.2, 0.25) is 0 Å². The van der Waals surface area contributed by atoms with E-state index in [0.29, 0.717) is 26.4 Å².